The van der Waals surface area contributed by atoms with Gasteiger partial charge >= 0.3 is 0 Å². The largest absolute Gasteiger partial charge is 0.497 e. The average Bonchev–Trinajstić information content (AvgIpc) is 2.46. The van der Waals surface area contributed by atoms with E-state index in [-0.39, 0.29) is 10.6 Å². The monoisotopic (exact) mass is 265 g/mol. The molecule has 19 heavy (non-hydrogen) atoms. The van der Waals surface area contributed by atoms with Crippen LogP contribution in [0.15, 0.2) is 18.2 Å². The molecule has 1 saturated heterocycles. The predicted molar refractivity (Wildman–Crippen MR) is 73.6 cm³/mol. The molecule has 0 aromatic heterocycles. The zero-order valence-corrected chi connectivity index (χ0v) is 11.0. The van der Waals surface area contributed by atoms with Crippen LogP contribution in [0.1, 0.15) is 12.8 Å². The van der Waals surface area contributed by atoms with Crippen molar-refractivity contribution in [3.05, 3.63) is 28.3 Å². The summed E-state index contributed by atoms with van der Waals surface area (Å²) in [6.07, 6.45) is 2.10. The number of rotatable bonds is 4. The fraction of sp³-hybridized carbons (Fsp3) is 0.538. The second-order valence-corrected chi connectivity index (χ2v) is 4.80. The quantitative estimate of drug-likeness (QED) is 0.663. The molecule has 6 heteroatoms. The fourth-order valence-corrected chi connectivity index (χ4v) is 2.51. The predicted octanol–water partition coefficient (Wildman–Crippen LogP) is 1.78. The zero-order valence-electron chi connectivity index (χ0n) is 11.0. The molecular weight excluding hydrogens is 246 g/mol. The summed E-state index contributed by atoms with van der Waals surface area (Å²) in [5.74, 6) is 1.04. The van der Waals surface area contributed by atoms with E-state index in [9.17, 15) is 10.1 Å². The van der Waals surface area contributed by atoms with Gasteiger partial charge in [-0.25, -0.2) is 0 Å². The molecule has 1 fully saturated rings. The van der Waals surface area contributed by atoms with Crippen LogP contribution in [0.3, 0.4) is 0 Å². The molecule has 2 N–H and O–H groups in total. The third kappa shape index (κ3) is 2.96. The number of nitro groups is 1. The number of nitrogens with two attached hydrogens (primary N) is 1. The highest BCUT2D eigenvalue weighted by molar-refractivity contribution is 5.66. The van der Waals surface area contributed by atoms with Gasteiger partial charge in [0.25, 0.3) is 5.69 Å². The first kappa shape index (κ1) is 13.6. The van der Waals surface area contributed by atoms with Gasteiger partial charge in [-0.15, -0.1) is 0 Å². The second-order valence-electron chi connectivity index (χ2n) is 4.80. The number of benzene rings is 1. The van der Waals surface area contributed by atoms with Gasteiger partial charge in [0, 0.05) is 25.2 Å². The molecule has 1 heterocycles. The summed E-state index contributed by atoms with van der Waals surface area (Å²) in [5, 5.41) is 11.1. The Morgan fingerprint density at radius 1 is 1.58 bits per heavy atom. The van der Waals surface area contributed by atoms with E-state index in [2.05, 4.69) is 0 Å². The summed E-state index contributed by atoms with van der Waals surface area (Å²) in [6, 6.07) is 4.85. The van der Waals surface area contributed by atoms with Crippen LogP contribution < -0.4 is 15.4 Å². The minimum absolute atomic E-state index is 0.124. The lowest BCUT2D eigenvalue weighted by Gasteiger charge is -2.33. The molecule has 1 aromatic rings. The molecule has 0 saturated carbocycles. The molecule has 0 amide bonds. The Kier molecular flexibility index (Phi) is 4.21. The minimum Gasteiger partial charge on any atom is -0.497 e. The van der Waals surface area contributed by atoms with E-state index < -0.39 is 0 Å². The van der Waals surface area contributed by atoms with Gasteiger partial charge in [-0.2, -0.15) is 0 Å². The van der Waals surface area contributed by atoms with E-state index in [0.717, 1.165) is 25.9 Å². The Bertz CT molecular complexity index is 464. The summed E-state index contributed by atoms with van der Waals surface area (Å²) in [7, 11) is 1.56. The van der Waals surface area contributed by atoms with Crippen molar-refractivity contribution in [3.8, 4) is 5.75 Å². The molecule has 104 valence electrons. The van der Waals surface area contributed by atoms with Crippen molar-refractivity contribution < 1.29 is 9.66 Å². The fourth-order valence-electron chi connectivity index (χ4n) is 2.51. The molecule has 1 unspecified atom stereocenters. The SMILES string of the molecule is COc1ccc([N+](=O)[O-])c(N2CCCC(CN)C2)c1. The normalized spacial score (nSPS) is 19.3. The molecule has 0 aliphatic carbocycles. The summed E-state index contributed by atoms with van der Waals surface area (Å²) >= 11 is 0. The third-order valence-corrected chi connectivity index (χ3v) is 3.57. The van der Waals surface area contributed by atoms with Crippen LogP contribution in [0.5, 0.6) is 5.75 Å². The van der Waals surface area contributed by atoms with Gasteiger partial charge in [0.15, 0.2) is 0 Å². The molecule has 2 rings (SSSR count). The van der Waals surface area contributed by atoms with Crippen molar-refractivity contribution in [2.24, 2.45) is 11.7 Å². The van der Waals surface area contributed by atoms with Gasteiger partial charge in [0.1, 0.15) is 11.4 Å². The molecule has 0 radical (unpaired) electrons. The highest BCUT2D eigenvalue weighted by Gasteiger charge is 2.25. The van der Waals surface area contributed by atoms with E-state index in [0.29, 0.717) is 23.9 Å². The van der Waals surface area contributed by atoms with Crippen LogP contribution in [0.2, 0.25) is 0 Å². The van der Waals surface area contributed by atoms with Crippen molar-refractivity contribution in [2.75, 3.05) is 31.6 Å². The second kappa shape index (κ2) is 5.88. The zero-order chi connectivity index (χ0) is 13.8. The first-order valence-corrected chi connectivity index (χ1v) is 6.43. The number of methoxy groups -OCH3 is 1. The van der Waals surface area contributed by atoms with Crippen LogP contribution in [0, 0.1) is 16.0 Å². The van der Waals surface area contributed by atoms with Crippen LogP contribution in [-0.4, -0.2) is 31.7 Å². The summed E-state index contributed by atoms with van der Waals surface area (Å²) < 4.78 is 5.16. The van der Waals surface area contributed by atoms with E-state index in [1.165, 1.54) is 6.07 Å². The summed E-state index contributed by atoms with van der Waals surface area (Å²) in [6.45, 7) is 2.21. The number of ether oxygens (including phenoxy) is 1. The van der Waals surface area contributed by atoms with Crippen LogP contribution in [0.4, 0.5) is 11.4 Å². The van der Waals surface area contributed by atoms with Gasteiger partial charge in [0.05, 0.1) is 12.0 Å². The molecule has 1 aliphatic rings. The summed E-state index contributed by atoms with van der Waals surface area (Å²) in [5.41, 5.74) is 6.46. The highest BCUT2D eigenvalue weighted by atomic mass is 16.6. The van der Waals surface area contributed by atoms with Crippen molar-refractivity contribution >= 4 is 11.4 Å². The lowest BCUT2D eigenvalue weighted by Crippen LogP contribution is -2.38. The number of piperidine rings is 1. The Morgan fingerprint density at radius 2 is 2.37 bits per heavy atom. The molecule has 1 aromatic carbocycles. The summed E-state index contributed by atoms with van der Waals surface area (Å²) in [4.78, 5) is 12.8. The first-order chi connectivity index (χ1) is 9.15. The van der Waals surface area contributed by atoms with E-state index in [1.807, 2.05) is 4.90 Å². The van der Waals surface area contributed by atoms with E-state index in [4.69, 9.17) is 10.5 Å². The van der Waals surface area contributed by atoms with E-state index >= 15 is 0 Å². The van der Waals surface area contributed by atoms with Gasteiger partial charge < -0.3 is 15.4 Å². The van der Waals surface area contributed by atoms with Gasteiger partial charge in [-0.1, -0.05) is 0 Å². The van der Waals surface area contributed by atoms with Crippen LogP contribution >= 0.6 is 0 Å². The minimum atomic E-state index is -0.346. The Morgan fingerprint density at radius 3 is 3.00 bits per heavy atom. The highest BCUT2D eigenvalue weighted by Crippen LogP contribution is 2.34. The first-order valence-electron chi connectivity index (χ1n) is 6.43. The smallest absolute Gasteiger partial charge is 0.292 e. The standard InChI is InChI=1S/C13H19N3O3/c1-19-11-4-5-12(16(17)18)13(7-11)15-6-2-3-10(8-14)9-15/h4-5,7,10H,2-3,6,8-9,14H2,1H3. The molecule has 6 nitrogen and oxygen atoms in total. The number of anilines is 1. The van der Waals surface area contributed by atoms with Crippen LogP contribution in [-0.2, 0) is 0 Å². The topological polar surface area (TPSA) is 81.6 Å². The van der Waals surface area contributed by atoms with Crippen LogP contribution in [0.25, 0.3) is 0 Å². The maximum Gasteiger partial charge on any atom is 0.292 e. The van der Waals surface area contributed by atoms with Crippen molar-refractivity contribution in [1.29, 1.82) is 0 Å². The van der Waals surface area contributed by atoms with Crippen molar-refractivity contribution in [2.45, 2.75) is 12.8 Å². The maximum absolute atomic E-state index is 11.1. The molecule has 1 atom stereocenters. The maximum atomic E-state index is 11.1. The van der Waals surface area contributed by atoms with Gasteiger partial charge in [0.2, 0.25) is 0 Å². The molecular formula is C13H19N3O3. The number of nitro benzene ring substituents is 1. The number of hydrogen-bond donors (Lipinski definition) is 1. The number of nitrogens with zero attached hydrogens (tertiary/aromatic N) is 2. The molecule has 1 aliphatic heterocycles. The van der Waals surface area contributed by atoms with Gasteiger partial charge in [-0.3, -0.25) is 10.1 Å². The Labute approximate surface area is 112 Å². The lowest BCUT2D eigenvalue weighted by molar-refractivity contribution is -0.384. The number of hydrogen-bond acceptors (Lipinski definition) is 5. The molecule has 0 bridgehead atoms. The van der Waals surface area contributed by atoms with Crippen molar-refractivity contribution in [1.82, 2.24) is 0 Å². The Balaban J connectivity index is 2.32. The Hall–Kier alpha value is -1.82. The van der Waals surface area contributed by atoms with E-state index in [1.54, 1.807) is 19.2 Å². The lowest BCUT2D eigenvalue weighted by atomic mass is 9.97. The van der Waals surface area contributed by atoms with Gasteiger partial charge in [-0.05, 0) is 31.4 Å². The van der Waals surface area contributed by atoms with Crippen molar-refractivity contribution in [3.63, 3.8) is 0 Å². The third-order valence-electron chi connectivity index (χ3n) is 3.57. The molecule has 0 spiro atoms. The average molecular weight is 265 g/mol.